The number of rotatable bonds is 12. The summed E-state index contributed by atoms with van der Waals surface area (Å²) < 4.78 is 18.6. The maximum Gasteiger partial charge on any atom is 0.309 e. The Labute approximate surface area is 204 Å². The number of hydrogen-bond donors (Lipinski definition) is 4. The Morgan fingerprint density at radius 1 is 1.00 bits per heavy atom. The van der Waals surface area contributed by atoms with Crippen LogP contribution in [-0.2, 0) is 16.2 Å². The molecule has 0 amide bonds. The van der Waals surface area contributed by atoms with Gasteiger partial charge in [0.15, 0.2) is 0 Å². The Bertz CT molecular complexity index is 1080. The fourth-order valence-electron chi connectivity index (χ4n) is 4.12. The molecule has 3 atom stereocenters. The van der Waals surface area contributed by atoms with Gasteiger partial charge in [-0.15, -0.1) is 0 Å². The summed E-state index contributed by atoms with van der Waals surface area (Å²) in [5.41, 5.74) is 6.97. The Morgan fingerprint density at radius 2 is 1.60 bits per heavy atom. The molecule has 0 saturated heterocycles. The van der Waals surface area contributed by atoms with Gasteiger partial charge in [-0.25, -0.2) is 16.1 Å². The maximum atomic E-state index is 13.3. The standard InChI is InChI=1S/C26H31FN4O4/c1-34-22-12-6-19(7-13-22)25(31(29)21-10-2-17(16-28)3-11-21)23(26(32)33)14-15-24(35-30)18-4-8-20(27)9-5-18/h2-13,23-25H,14-16,28-30H2,1H3,(H,32,33)/p+1. The molecule has 0 aliphatic carbocycles. The van der Waals surface area contributed by atoms with Crippen LogP contribution in [0.5, 0.6) is 5.75 Å². The summed E-state index contributed by atoms with van der Waals surface area (Å²) >= 11 is 0. The minimum absolute atomic E-state index is 0.204. The van der Waals surface area contributed by atoms with Crippen LogP contribution < -0.4 is 27.2 Å². The van der Waals surface area contributed by atoms with Gasteiger partial charge in [0.2, 0.25) is 0 Å². The van der Waals surface area contributed by atoms with E-state index in [9.17, 15) is 14.3 Å². The van der Waals surface area contributed by atoms with Crippen molar-refractivity contribution < 1.29 is 29.6 Å². The number of hydrazine groups is 1. The Hall–Kier alpha value is -3.50. The van der Waals surface area contributed by atoms with Gasteiger partial charge in [0.25, 0.3) is 0 Å². The average Bonchev–Trinajstić information content (AvgIpc) is 2.89. The molecule has 3 aromatic rings. The molecule has 8 N–H and O–H groups in total. The highest BCUT2D eigenvalue weighted by atomic mass is 19.1. The summed E-state index contributed by atoms with van der Waals surface area (Å²) in [5, 5.41) is 11.7. The normalized spacial score (nSPS) is 13.6. The van der Waals surface area contributed by atoms with E-state index in [4.69, 9.17) is 21.3 Å². The second kappa shape index (κ2) is 12.3. The monoisotopic (exact) mass is 483 g/mol. The van der Waals surface area contributed by atoms with Crippen molar-refractivity contribution in [1.82, 2.24) is 0 Å². The van der Waals surface area contributed by atoms with Crippen LogP contribution in [0, 0.1) is 11.7 Å². The van der Waals surface area contributed by atoms with Gasteiger partial charge in [-0.2, -0.15) is 0 Å². The van der Waals surface area contributed by atoms with Gasteiger partial charge in [0, 0.05) is 5.56 Å². The van der Waals surface area contributed by atoms with Gasteiger partial charge in [-0.1, -0.05) is 36.4 Å². The highest BCUT2D eigenvalue weighted by Crippen LogP contribution is 2.36. The van der Waals surface area contributed by atoms with E-state index in [1.54, 1.807) is 43.5 Å². The fourth-order valence-corrected chi connectivity index (χ4v) is 4.12. The van der Waals surface area contributed by atoms with Crippen LogP contribution in [0.25, 0.3) is 0 Å². The second-order valence-electron chi connectivity index (χ2n) is 8.24. The summed E-state index contributed by atoms with van der Waals surface area (Å²) in [4.78, 5) is 17.6. The summed E-state index contributed by atoms with van der Waals surface area (Å²) in [6, 6.07) is 19.7. The molecule has 0 radical (unpaired) electrons. The number of carboxylic acids is 1. The Balaban J connectivity index is 1.93. The van der Waals surface area contributed by atoms with Crippen molar-refractivity contribution in [2.45, 2.75) is 31.5 Å². The smallest absolute Gasteiger partial charge is 0.309 e. The molecule has 0 aromatic heterocycles. The first-order valence-electron chi connectivity index (χ1n) is 11.3. The average molecular weight is 484 g/mol. The maximum absolute atomic E-state index is 13.3. The molecule has 0 spiro atoms. The predicted molar refractivity (Wildman–Crippen MR) is 130 cm³/mol. The zero-order valence-electron chi connectivity index (χ0n) is 19.6. The van der Waals surface area contributed by atoms with Crippen molar-refractivity contribution in [1.29, 1.82) is 0 Å². The van der Waals surface area contributed by atoms with Crippen LogP contribution in [0.4, 0.5) is 10.1 Å². The van der Waals surface area contributed by atoms with Crippen molar-refractivity contribution in [3.05, 3.63) is 95.3 Å². The number of benzene rings is 3. The highest BCUT2D eigenvalue weighted by molar-refractivity contribution is 5.72. The number of anilines is 1. The number of hydrogen-bond acceptors (Lipinski definition) is 6. The van der Waals surface area contributed by atoms with Crippen LogP contribution in [0.1, 0.15) is 41.7 Å². The van der Waals surface area contributed by atoms with E-state index in [1.807, 2.05) is 24.3 Å². The van der Waals surface area contributed by atoms with Gasteiger partial charge in [0.1, 0.15) is 17.7 Å². The first kappa shape index (κ1) is 26.1. The lowest BCUT2D eigenvalue weighted by Crippen LogP contribution is -2.47. The molecule has 186 valence electrons. The van der Waals surface area contributed by atoms with E-state index in [0.29, 0.717) is 35.5 Å². The van der Waals surface area contributed by atoms with Gasteiger partial charge in [-0.05, 0) is 60.4 Å². The van der Waals surface area contributed by atoms with Crippen molar-refractivity contribution in [3.63, 3.8) is 0 Å². The predicted octanol–water partition coefficient (Wildman–Crippen LogP) is 3.11. The number of quaternary nitrogens is 1. The lowest BCUT2D eigenvalue weighted by molar-refractivity contribution is -0.386. The molecule has 0 bridgehead atoms. The Kier molecular flexibility index (Phi) is 9.16. The highest BCUT2D eigenvalue weighted by Gasteiger charge is 2.34. The van der Waals surface area contributed by atoms with Crippen LogP contribution in [-0.4, -0.2) is 18.2 Å². The molecule has 35 heavy (non-hydrogen) atoms. The summed E-state index contributed by atoms with van der Waals surface area (Å²) in [5.74, 6) is 10.4. The second-order valence-corrected chi connectivity index (χ2v) is 8.24. The number of nitrogens with zero attached hydrogens (tertiary/aromatic N) is 1. The molecule has 0 saturated carbocycles. The molecule has 0 heterocycles. The third kappa shape index (κ3) is 6.55. The van der Waals surface area contributed by atoms with E-state index < -0.39 is 24.0 Å². The molecular weight excluding hydrogens is 451 g/mol. The lowest BCUT2D eigenvalue weighted by atomic mass is 9.86. The van der Waals surface area contributed by atoms with Gasteiger partial charge >= 0.3 is 5.97 Å². The van der Waals surface area contributed by atoms with Crippen molar-refractivity contribution >= 4 is 11.7 Å². The SMILES string of the molecule is COc1ccc(C(C(CCC(ON)c2ccc(F)cc2)C(=O)O)N(N)c2ccc(C[NH3+])cc2)cc1. The molecule has 3 aromatic carbocycles. The zero-order chi connectivity index (χ0) is 25.4. The number of halogens is 1. The number of aliphatic carboxylic acids is 1. The molecule has 3 rings (SSSR count). The van der Waals surface area contributed by atoms with Crippen molar-refractivity contribution in [2.75, 3.05) is 12.1 Å². The van der Waals surface area contributed by atoms with E-state index in [1.165, 1.54) is 17.1 Å². The van der Waals surface area contributed by atoms with Crippen molar-refractivity contribution in [2.24, 2.45) is 17.7 Å². The van der Waals surface area contributed by atoms with E-state index in [-0.39, 0.29) is 12.2 Å². The quantitative estimate of drug-likeness (QED) is 0.229. The van der Waals surface area contributed by atoms with Crippen molar-refractivity contribution in [3.8, 4) is 5.75 Å². The Morgan fingerprint density at radius 3 is 2.11 bits per heavy atom. The van der Waals surface area contributed by atoms with Crippen LogP contribution in [0.15, 0.2) is 72.8 Å². The summed E-state index contributed by atoms with van der Waals surface area (Å²) in [6.07, 6.45) is -0.104. The molecule has 3 unspecified atom stereocenters. The number of carboxylic acid groups (broad SMARTS) is 1. The molecular formula is C26H32FN4O4+. The topological polar surface area (TPSA) is 139 Å². The zero-order valence-corrected chi connectivity index (χ0v) is 19.6. The first-order valence-corrected chi connectivity index (χ1v) is 11.3. The van der Waals surface area contributed by atoms with Crippen LogP contribution in [0.3, 0.4) is 0 Å². The van der Waals surface area contributed by atoms with Gasteiger partial charge in [-0.3, -0.25) is 9.63 Å². The number of ether oxygens (including phenoxy) is 1. The molecule has 0 fully saturated rings. The van der Waals surface area contributed by atoms with Crippen LogP contribution in [0.2, 0.25) is 0 Å². The summed E-state index contributed by atoms with van der Waals surface area (Å²) in [7, 11) is 1.56. The first-order chi connectivity index (χ1) is 16.9. The summed E-state index contributed by atoms with van der Waals surface area (Å²) in [6.45, 7) is 0.633. The van der Waals surface area contributed by atoms with Gasteiger partial charge < -0.3 is 20.6 Å². The molecule has 9 heteroatoms. The number of carbonyl (C=O) groups is 1. The van der Waals surface area contributed by atoms with E-state index in [0.717, 1.165) is 5.56 Å². The van der Waals surface area contributed by atoms with Crippen LogP contribution >= 0.6 is 0 Å². The third-order valence-corrected chi connectivity index (χ3v) is 6.12. The van der Waals surface area contributed by atoms with E-state index in [2.05, 4.69) is 5.73 Å². The number of nitrogens with two attached hydrogens (primary N) is 2. The van der Waals surface area contributed by atoms with Gasteiger partial charge in [0.05, 0.1) is 31.3 Å². The largest absolute Gasteiger partial charge is 0.497 e. The minimum Gasteiger partial charge on any atom is -0.497 e. The fraction of sp³-hybridized carbons (Fsp3) is 0.269. The molecule has 8 nitrogen and oxygen atoms in total. The lowest BCUT2D eigenvalue weighted by Gasteiger charge is -2.34. The number of methoxy groups -OCH3 is 1. The molecule has 0 aliphatic rings. The minimum atomic E-state index is -1.01. The third-order valence-electron chi connectivity index (χ3n) is 6.12. The van der Waals surface area contributed by atoms with E-state index >= 15 is 0 Å². The molecule has 0 aliphatic heterocycles.